The summed E-state index contributed by atoms with van der Waals surface area (Å²) in [4.78, 5) is 27.6. The monoisotopic (exact) mass is 371 g/mol. The molecule has 2 aliphatic heterocycles. The Morgan fingerprint density at radius 3 is 2.81 bits per heavy atom. The van der Waals surface area contributed by atoms with Crippen LogP contribution in [0.2, 0.25) is 0 Å². The van der Waals surface area contributed by atoms with Crippen molar-refractivity contribution in [1.82, 2.24) is 4.90 Å². The van der Waals surface area contributed by atoms with E-state index in [1.165, 1.54) is 16.2 Å². The van der Waals surface area contributed by atoms with Crippen LogP contribution in [-0.2, 0) is 9.59 Å². The molecule has 1 unspecified atom stereocenters. The molecule has 3 heterocycles. The normalized spacial score (nSPS) is 20.8. The van der Waals surface area contributed by atoms with E-state index in [2.05, 4.69) is 0 Å². The number of nitrogens with zero attached hydrogens (tertiary/aromatic N) is 1. The van der Waals surface area contributed by atoms with E-state index in [-0.39, 0.29) is 18.1 Å². The van der Waals surface area contributed by atoms with E-state index in [9.17, 15) is 14.7 Å². The molecule has 1 saturated heterocycles. The van der Waals surface area contributed by atoms with Crippen LogP contribution in [0.5, 0.6) is 11.5 Å². The van der Waals surface area contributed by atoms with Gasteiger partial charge in [0.15, 0.2) is 11.5 Å². The first-order chi connectivity index (χ1) is 12.6. The average Bonchev–Trinajstić information content (AvgIpc) is 3.37. The first-order valence-corrected chi connectivity index (χ1v) is 9.21. The van der Waals surface area contributed by atoms with E-state index >= 15 is 0 Å². The van der Waals surface area contributed by atoms with E-state index in [0.717, 1.165) is 11.3 Å². The molecule has 0 aliphatic carbocycles. The number of carbonyl (C=O) groups is 2. The second kappa shape index (κ2) is 6.49. The molecule has 1 amide bonds. The first-order valence-electron chi connectivity index (χ1n) is 8.33. The molecular formula is C19H17NO5S. The van der Waals surface area contributed by atoms with Gasteiger partial charge in [0.05, 0.1) is 11.6 Å². The molecule has 4 rings (SSSR count). The van der Waals surface area contributed by atoms with Gasteiger partial charge in [-0.15, -0.1) is 11.3 Å². The number of aliphatic hydroxyl groups excluding tert-OH is 1. The number of carbonyl (C=O) groups excluding carboxylic acids is 2. The van der Waals surface area contributed by atoms with Crippen molar-refractivity contribution in [2.75, 3.05) is 13.3 Å². The third-order valence-electron chi connectivity index (χ3n) is 4.46. The third kappa shape index (κ3) is 2.55. The molecular weight excluding hydrogens is 354 g/mol. The predicted octanol–water partition coefficient (Wildman–Crippen LogP) is 3.31. The minimum Gasteiger partial charge on any atom is -0.507 e. The highest BCUT2D eigenvalue weighted by molar-refractivity contribution is 7.10. The minimum absolute atomic E-state index is 0.116. The van der Waals surface area contributed by atoms with Crippen LogP contribution in [0, 0.1) is 0 Å². The van der Waals surface area contributed by atoms with Crippen molar-refractivity contribution >= 4 is 28.8 Å². The zero-order valence-electron chi connectivity index (χ0n) is 14.1. The number of amides is 1. The van der Waals surface area contributed by atoms with Gasteiger partial charge in [0, 0.05) is 17.0 Å². The van der Waals surface area contributed by atoms with Crippen molar-refractivity contribution in [3.63, 3.8) is 0 Å². The van der Waals surface area contributed by atoms with Crippen LogP contribution in [0.1, 0.15) is 29.8 Å². The minimum atomic E-state index is -0.660. The topological polar surface area (TPSA) is 76.1 Å². The van der Waals surface area contributed by atoms with Gasteiger partial charge in [-0.25, -0.2) is 0 Å². The Balaban J connectivity index is 1.84. The number of fused-ring (bicyclic) bond motifs is 1. The Hall–Kier alpha value is -2.80. The fraction of sp³-hybridized carbons (Fsp3) is 0.263. The number of Topliss-reactive ketones (excluding diaryl/α,β-unsaturated/α-hetero) is 1. The number of aliphatic hydroxyl groups is 1. The van der Waals surface area contributed by atoms with Crippen molar-refractivity contribution in [1.29, 1.82) is 0 Å². The van der Waals surface area contributed by atoms with Crippen molar-refractivity contribution < 1.29 is 24.2 Å². The number of hydrogen-bond donors (Lipinski definition) is 1. The molecule has 1 fully saturated rings. The zero-order chi connectivity index (χ0) is 18.3. The largest absolute Gasteiger partial charge is 0.507 e. The van der Waals surface area contributed by atoms with Crippen LogP contribution in [0.3, 0.4) is 0 Å². The number of ketones is 1. The lowest BCUT2D eigenvalue weighted by molar-refractivity contribution is -0.139. The van der Waals surface area contributed by atoms with Crippen LogP contribution < -0.4 is 9.47 Å². The first kappa shape index (κ1) is 16.7. The molecule has 6 nitrogen and oxygen atoms in total. The van der Waals surface area contributed by atoms with Gasteiger partial charge in [0.2, 0.25) is 6.79 Å². The van der Waals surface area contributed by atoms with Gasteiger partial charge < -0.3 is 19.5 Å². The summed E-state index contributed by atoms with van der Waals surface area (Å²) in [6.07, 6.45) is 0.721. The molecule has 134 valence electrons. The van der Waals surface area contributed by atoms with Gasteiger partial charge in [-0.3, -0.25) is 9.59 Å². The van der Waals surface area contributed by atoms with Gasteiger partial charge in [-0.2, -0.15) is 0 Å². The van der Waals surface area contributed by atoms with Crippen LogP contribution in [0.15, 0.2) is 41.3 Å². The Morgan fingerprint density at radius 1 is 1.27 bits per heavy atom. The average molecular weight is 371 g/mol. The molecule has 1 aromatic carbocycles. The molecule has 2 aromatic rings. The van der Waals surface area contributed by atoms with E-state index in [4.69, 9.17) is 9.47 Å². The van der Waals surface area contributed by atoms with E-state index < -0.39 is 17.7 Å². The highest BCUT2D eigenvalue weighted by Gasteiger charge is 2.46. The van der Waals surface area contributed by atoms with Crippen LogP contribution in [-0.4, -0.2) is 35.0 Å². The molecule has 1 atom stereocenters. The van der Waals surface area contributed by atoms with Crippen molar-refractivity contribution in [3.05, 3.63) is 51.7 Å². The zero-order valence-corrected chi connectivity index (χ0v) is 14.9. The maximum atomic E-state index is 12.7. The Kier molecular flexibility index (Phi) is 4.16. The summed E-state index contributed by atoms with van der Waals surface area (Å²) in [6.45, 7) is 2.52. The van der Waals surface area contributed by atoms with Crippen molar-refractivity contribution in [2.24, 2.45) is 0 Å². The van der Waals surface area contributed by atoms with Crippen molar-refractivity contribution in [3.8, 4) is 11.5 Å². The summed E-state index contributed by atoms with van der Waals surface area (Å²) in [5.74, 6) is -0.342. The molecule has 0 spiro atoms. The van der Waals surface area contributed by atoms with Gasteiger partial charge in [-0.1, -0.05) is 13.0 Å². The quantitative estimate of drug-likeness (QED) is 0.507. The lowest BCUT2D eigenvalue weighted by Crippen LogP contribution is -2.30. The maximum absolute atomic E-state index is 12.7. The number of ether oxygens (including phenoxy) is 2. The summed E-state index contributed by atoms with van der Waals surface area (Å²) in [5, 5.41) is 12.8. The molecule has 0 radical (unpaired) electrons. The molecule has 1 aromatic heterocycles. The second-order valence-corrected chi connectivity index (χ2v) is 7.06. The second-order valence-electron chi connectivity index (χ2n) is 6.08. The molecule has 2 aliphatic rings. The van der Waals surface area contributed by atoms with E-state index in [0.29, 0.717) is 23.6 Å². The fourth-order valence-electron chi connectivity index (χ4n) is 3.29. The Morgan fingerprint density at radius 2 is 2.08 bits per heavy atom. The molecule has 0 bridgehead atoms. The number of hydrogen-bond acceptors (Lipinski definition) is 6. The number of benzene rings is 1. The van der Waals surface area contributed by atoms with Crippen LogP contribution in [0.25, 0.3) is 5.76 Å². The highest BCUT2D eigenvalue weighted by Crippen LogP contribution is 2.42. The molecule has 1 N–H and O–H groups in total. The van der Waals surface area contributed by atoms with E-state index in [1.807, 2.05) is 24.4 Å². The number of thiophene rings is 1. The molecule has 0 saturated carbocycles. The van der Waals surface area contributed by atoms with E-state index in [1.54, 1.807) is 18.2 Å². The van der Waals surface area contributed by atoms with Gasteiger partial charge in [0.25, 0.3) is 11.7 Å². The van der Waals surface area contributed by atoms with Gasteiger partial charge >= 0.3 is 0 Å². The van der Waals surface area contributed by atoms with Crippen LogP contribution in [0.4, 0.5) is 0 Å². The number of likely N-dealkylation sites (tertiary alicyclic amines) is 1. The smallest absolute Gasteiger partial charge is 0.295 e. The maximum Gasteiger partial charge on any atom is 0.295 e. The Labute approximate surface area is 154 Å². The highest BCUT2D eigenvalue weighted by atomic mass is 32.1. The SMILES string of the molecule is CCCN1C(=O)C(=O)/C(=C(\O)c2ccc3c(c2)OCO3)C1c1cccs1. The standard InChI is InChI=1S/C19H17NO5S/c1-2-7-20-16(14-4-3-8-26-14)15(18(22)19(20)23)17(21)11-5-6-12-13(9-11)25-10-24-12/h3-6,8-9,16,21H,2,7,10H2,1H3/b17-15-. The van der Waals surface area contributed by atoms with Crippen LogP contribution >= 0.6 is 11.3 Å². The summed E-state index contributed by atoms with van der Waals surface area (Å²) in [7, 11) is 0. The van der Waals surface area contributed by atoms with Gasteiger partial charge in [0.1, 0.15) is 5.76 Å². The molecule has 26 heavy (non-hydrogen) atoms. The third-order valence-corrected chi connectivity index (χ3v) is 5.39. The number of rotatable bonds is 4. The summed E-state index contributed by atoms with van der Waals surface area (Å²) < 4.78 is 10.6. The predicted molar refractivity (Wildman–Crippen MR) is 96.2 cm³/mol. The van der Waals surface area contributed by atoms with Gasteiger partial charge in [-0.05, 0) is 36.1 Å². The molecule has 7 heteroatoms. The summed E-state index contributed by atoms with van der Waals surface area (Å²) in [5.41, 5.74) is 0.537. The summed E-state index contributed by atoms with van der Waals surface area (Å²) >= 11 is 1.45. The lowest BCUT2D eigenvalue weighted by atomic mass is 9.99. The summed E-state index contributed by atoms with van der Waals surface area (Å²) in [6, 6.07) is 8.13. The van der Waals surface area contributed by atoms with Crippen molar-refractivity contribution in [2.45, 2.75) is 19.4 Å². The Bertz CT molecular complexity index is 903. The lowest BCUT2D eigenvalue weighted by Gasteiger charge is -2.23. The fourth-order valence-corrected chi connectivity index (χ4v) is 4.14.